The molecule has 24 heavy (non-hydrogen) atoms. The van der Waals surface area contributed by atoms with Gasteiger partial charge in [0.15, 0.2) is 0 Å². The molecule has 0 bridgehead atoms. The van der Waals surface area contributed by atoms with Crippen LogP contribution < -0.4 is 0 Å². The smallest absolute Gasteiger partial charge is 0.306 e. The van der Waals surface area contributed by atoms with E-state index in [0.29, 0.717) is 32.3 Å². The van der Waals surface area contributed by atoms with E-state index in [1.165, 1.54) is 32.1 Å². The molecule has 0 fully saturated rings. The van der Waals surface area contributed by atoms with E-state index in [9.17, 15) is 9.59 Å². The average molecular weight is 343 g/mol. The van der Waals surface area contributed by atoms with Gasteiger partial charge >= 0.3 is 11.9 Å². The molecule has 0 aromatic carbocycles. The third-order valence-corrected chi connectivity index (χ3v) is 4.05. The monoisotopic (exact) mass is 342 g/mol. The minimum absolute atomic E-state index is 0.00515. The van der Waals surface area contributed by atoms with Gasteiger partial charge in [-0.25, -0.2) is 0 Å². The van der Waals surface area contributed by atoms with E-state index >= 15 is 0 Å². The Bertz CT molecular complexity index is 315. The highest BCUT2D eigenvalue weighted by atomic mass is 16.5. The second-order valence-electron chi connectivity index (χ2n) is 6.64. The molecule has 4 heteroatoms. The molecule has 0 aliphatic rings. The summed E-state index contributed by atoms with van der Waals surface area (Å²) in [5, 5.41) is 0. The first-order valence-electron chi connectivity index (χ1n) is 9.95. The van der Waals surface area contributed by atoms with Crippen LogP contribution in [0.4, 0.5) is 0 Å². The summed E-state index contributed by atoms with van der Waals surface area (Å²) in [6.07, 6.45) is 12.6. The molecule has 1 unspecified atom stereocenters. The fourth-order valence-corrected chi connectivity index (χ4v) is 2.60. The van der Waals surface area contributed by atoms with Crippen LogP contribution in [0.2, 0.25) is 0 Å². The third kappa shape index (κ3) is 15.8. The maximum absolute atomic E-state index is 11.6. The molecule has 0 heterocycles. The molecule has 4 nitrogen and oxygen atoms in total. The molecule has 0 rings (SSSR count). The van der Waals surface area contributed by atoms with Crippen molar-refractivity contribution in [3.8, 4) is 0 Å². The van der Waals surface area contributed by atoms with Crippen molar-refractivity contribution in [2.24, 2.45) is 0 Å². The quantitative estimate of drug-likeness (QED) is 0.272. The van der Waals surface area contributed by atoms with E-state index < -0.39 is 0 Å². The summed E-state index contributed by atoms with van der Waals surface area (Å²) < 4.78 is 10.5. The summed E-state index contributed by atoms with van der Waals surface area (Å²) in [7, 11) is 0. The fraction of sp³-hybridized carbons (Fsp3) is 0.900. The predicted molar refractivity (Wildman–Crippen MR) is 97.9 cm³/mol. The van der Waals surface area contributed by atoms with Gasteiger partial charge in [0.2, 0.25) is 0 Å². The number of rotatable bonds is 16. The lowest BCUT2D eigenvalue weighted by molar-refractivity contribution is -0.149. The highest BCUT2D eigenvalue weighted by molar-refractivity contribution is 5.70. The molecular formula is C20H38O4. The molecule has 0 saturated carbocycles. The standard InChI is InChI=1S/C20H38O4/c1-4-6-7-8-9-10-13-17-23-19(21)15-11-12-16-20(22)24-18(3)14-5-2/h18H,4-17H2,1-3H3. The van der Waals surface area contributed by atoms with Crippen LogP contribution in [-0.4, -0.2) is 24.6 Å². The van der Waals surface area contributed by atoms with Gasteiger partial charge in [0.25, 0.3) is 0 Å². The van der Waals surface area contributed by atoms with E-state index in [4.69, 9.17) is 9.47 Å². The highest BCUT2D eigenvalue weighted by Crippen LogP contribution is 2.09. The molecule has 142 valence electrons. The Morgan fingerprint density at radius 2 is 1.33 bits per heavy atom. The molecule has 0 radical (unpaired) electrons. The minimum Gasteiger partial charge on any atom is -0.466 e. The predicted octanol–water partition coefficient (Wildman–Crippen LogP) is 5.57. The summed E-state index contributed by atoms with van der Waals surface area (Å²) in [4.78, 5) is 23.2. The molecule has 0 saturated heterocycles. The van der Waals surface area contributed by atoms with E-state index in [-0.39, 0.29) is 18.0 Å². The molecule has 0 aliphatic heterocycles. The zero-order chi connectivity index (χ0) is 18.0. The van der Waals surface area contributed by atoms with Gasteiger partial charge in [-0.15, -0.1) is 0 Å². The number of unbranched alkanes of at least 4 members (excludes halogenated alkanes) is 7. The Morgan fingerprint density at radius 3 is 1.96 bits per heavy atom. The molecule has 0 aliphatic carbocycles. The molecule has 0 N–H and O–H groups in total. The van der Waals surface area contributed by atoms with Crippen molar-refractivity contribution in [2.75, 3.05) is 6.61 Å². The van der Waals surface area contributed by atoms with Gasteiger partial charge in [0, 0.05) is 12.8 Å². The summed E-state index contributed by atoms with van der Waals surface area (Å²) in [5.74, 6) is -0.305. The van der Waals surface area contributed by atoms with Crippen molar-refractivity contribution >= 4 is 11.9 Å². The second-order valence-corrected chi connectivity index (χ2v) is 6.64. The van der Waals surface area contributed by atoms with Gasteiger partial charge in [-0.2, -0.15) is 0 Å². The van der Waals surface area contributed by atoms with Gasteiger partial charge in [0.05, 0.1) is 12.7 Å². The van der Waals surface area contributed by atoms with Crippen LogP contribution in [0.25, 0.3) is 0 Å². The molecule has 0 aromatic rings. The first-order valence-corrected chi connectivity index (χ1v) is 9.95. The summed E-state index contributed by atoms with van der Waals surface area (Å²) in [5.41, 5.74) is 0. The number of hydrogen-bond donors (Lipinski definition) is 0. The fourth-order valence-electron chi connectivity index (χ4n) is 2.60. The summed E-state index contributed by atoms with van der Waals surface area (Å²) in [6.45, 7) is 6.74. The van der Waals surface area contributed by atoms with E-state index in [1.807, 2.05) is 6.92 Å². The van der Waals surface area contributed by atoms with Crippen molar-refractivity contribution in [1.82, 2.24) is 0 Å². The molecule has 0 spiro atoms. The zero-order valence-corrected chi connectivity index (χ0v) is 16.1. The molecule has 0 amide bonds. The molecule has 0 aromatic heterocycles. The number of esters is 2. The average Bonchev–Trinajstić information content (AvgIpc) is 2.54. The normalized spacial score (nSPS) is 12.0. The van der Waals surface area contributed by atoms with E-state index in [1.54, 1.807) is 0 Å². The molecule has 1 atom stereocenters. The second kappa shape index (κ2) is 16.8. The van der Waals surface area contributed by atoms with Gasteiger partial charge in [-0.05, 0) is 32.6 Å². The summed E-state index contributed by atoms with van der Waals surface area (Å²) in [6, 6.07) is 0. The Kier molecular flexibility index (Phi) is 16.0. The van der Waals surface area contributed by atoms with Gasteiger partial charge in [-0.1, -0.05) is 58.8 Å². The van der Waals surface area contributed by atoms with Gasteiger partial charge in [0.1, 0.15) is 0 Å². The number of carbonyl (C=O) groups is 2. The van der Waals surface area contributed by atoms with Crippen LogP contribution in [0, 0.1) is 0 Å². The lowest BCUT2D eigenvalue weighted by Crippen LogP contribution is -2.14. The van der Waals surface area contributed by atoms with Gasteiger partial charge in [-0.3, -0.25) is 9.59 Å². The van der Waals surface area contributed by atoms with Crippen LogP contribution >= 0.6 is 0 Å². The Morgan fingerprint density at radius 1 is 0.750 bits per heavy atom. The van der Waals surface area contributed by atoms with Crippen LogP contribution in [0.1, 0.15) is 104 Å². The first kappa shape index (κ1) is 22.9. The largest absolute Gasteiger partial charge is 0.466 e. The van der Waals surface area contributed by atoms with E-state index in [0.717, 1.165) is 25.7 Å². The number of hydrogen-bond acceptors (Lipinski definition) is 4. The number of carbonyl (C=O) groups excluding carboxylic acids is 2. The SMILES string of the molecule is CCCCCCCCCOC(=O)CCCCC(=O)OC(C)CCC. The lowest BCUT2D eigenvalue weighted by Gasteiger charge is -2.11. The maximum Gasteiger partial charge on any atom is 0.306 e. The Hall–Kier alpha value is -1.06. The van der Waals surface area contributed by atoms with Crippen LogP contribution in [-0.2, 0) is 19.1 Å². The first-order chi connectivity index (χ1) is 11.6. The van der Waals surface area contributed by atoms with Crippen LogP contribution in [0.15, 0.2) is 0 Å². The van der Waals surface area contributed by atoms with Crippen molar-refractivity contribution in [3.05, 3.63) is 0 Å². The topological polar surface area (TPSA) is 52.6 Å². The minimum atomic E-state index is -0.160. The van der Waals surface area contributed by atoms with Crippen molar-refractivity contribution in [1.29, 1.82) is 0 Å². The van der Waals surface area contributed by atoms with Crippen molar-refractivity contribution in [3.63, 3.8) is 0 Å². The van der Waals surface area contributed by atoms with Gasteiger partial charge < -0.3 is 9.47 Å². The van der Waals surface area contributed by atoms with Crippen molar-refractivity contribution in [2.45, 2.75) is 110 Å². The number of ether oxygens (including phenoxy) is 2. The highest BCUT2D eigenvalue weighted by Gasteiger charge is 2.09. The van der Waals surface area contributed by atoms with Crippen LogP contribution in [0.5, 0.6) is 0 Å². The zero-order valence-electron chi connectivity index (χ0n) is 16.1. The van der Waals surface area contributed by atoms with E-state index in [2.05, 4.69) is 13.8 Å². The van der Waals surface area contributed by atoms with Crippen molar-refractivity contribution < 1.29 is 19.1 Å². The Balaban J connectivity index is 3.39. The third-order valence-electron chi connectivity index (χ3n) is 4.05. The summed E-state index contributed by atoms with van der Waals surface area (Å²) >= 11 is 0. The lowest BCUT2D eigenvalue weighted by atomic mass is 10.1. The Labute approximate surface area is 148 Å². The maximum atomic E-state index is 11.6. The molecular weight excluding hydrogens is 304 g/mol. The van der Waals surface area contributed by atoms with Crippen LogP contribution in [0.3, 0.4) is 0 Å².